The highest BCUT2D eigenvalue weighted by atomic mass is 35.5. The lowest BCUT2D eigenvalue weighted by Gasteiger charge is -2.26. The summed E-state index contributed by atoms with van der Waals surface area (Å²) < 4.78 is 24.7. The molecule has 2 N–H and O–H groups in total. The fraction of sp³-hybridized carbons (Fsp3) is 0.125. The molecule has 2 aromatic rings. The van der Waals surface area contributed by atoms with E-state index < -0.39 is 17.4 Å². The molecule has 1 atom stereocenters. The molecule has 1 aliphatic rings. The Labute approximate surface area is 135 Å². The molecule has 0 aliphatic carbocycles. The Morgan fingerprint density at radius 2 is 2.13 bits per heavy atom. The SMILES string of the molecule is Cc1cc2c(c(=O)o1)[C@H](c1c(F)cccc1Cl)C(C#N)=C(N)O2. The first-order valence-corrected chi connectivity index (χ1v) is 6.98. The van der Waals surface area contributed by atoms with Crippen LogP contribution in [0.25, 0.3) is 0 Å². The van der Waals surface area contributed by atoms with Gasteiger partial charge in [0.2, 0.25) is 5.88 Å². The molecular weight excluding hydrogens is 323 g/mol. The van der Waals surface area contributed by atoms with Gasteiger partial charge in [0.1, 0.15) is 29.0 Å². The monoisotopic (exact) mass is 332 g/mol. The molecule has 0 spiro atoms. The molecule has 3 rings (SSSR count). The number of nitriles is 1. The van der Waals surface area contributed by atoms with Gasteiger partial charge >= 0.3 is 5.63 Å². The zero-order valence-corrected chi connectivity index (χ0v) is 12.6. The predicted molar refractivity (Wildman–Crippen MR) is 80.4 cm³/mol. The summed E-state index contributed by atoms with van der Waals surface area (Å²) in [5, 5.41) is 9.45. The lowest BCUT2D eigenvalue weighted by Crippen LogP contribution is -2.27. The molecule has 116 valence electrons. The number of aryl methyl sites for hydroxylation is 1. The fourth-order valence-electron chi connectivity index (χ4n) is 2.59. The van der Waals surface area contributed by atoms with Crippen molar-refractivity contribution >= 4 is 11.6 Å². The van der Waals surface area contributed by atoms with Gasteiger partial charge in [0.05, 0.1) is 11.5 Å². The molecule has 1 aromatic carbocycles. The van der Waals surface area contributed by atoms with Crippen molar-refractivity contribution in [1.82, 2.24) is 0 Å². The number of benzene rings is 1. The highest BCUT2D eigenvalue weighted by Crippen LogP contribution is 2.43. The number of ether oxygens (including phenoxy) is 1. The van der Waals surface area contributed by atoms with Gasteiger partial charge in [-0.15, -0.1) is 0 Å². The number of nitrogens with two attached hydrogens (primary N) is 1. The lowest BCUT2D eigenvalue weighted by molar-refractivity contribution is 0.370. The van der Waals surface area contributed by atoms with Crippen molar-refractivity contribution in [3.8, 4) is 11.8 Å². The Kier molecular flexibility index (Phi) is 3.58. The summed E-state index contributed by atoms with van der Waals surface area (Å²) in [6.45, 7) is 1.57. The van der Waals surface area contributed by atoms with Crippen molar-refractivity contribution in [1.29, 1.82) is 5.26 Å². The van der Waals surface area contributed by atoms with Crippen LogP contribution in [0.1, 0.15) is 22.8 Å². The Balaban J connectivity index is 2.40. The number of hydrogen-bond donors (Lipinski definition) is 1. The zero-order chi connectivity index (χ0) is 16.7. The van der Waals surface area contributed by atoms with Crippen LogP contribution in [0.4, 0.5) is 4.39 Å². The van der Waals surface area contributed by atoms with Gasteiger partial charge in [0.15, 0.2) is 0 Å². The zero-order valence-electron chi connectivity index (χ0n) is 11.9. The van der Waals surface area contributed by atoms with Crippen LogP contribution in [0.2, 0.25) is 5.02 Å². The quantitative estimate of drug-likeness (QED) is 0.867. The van der Waals surface area contributed by atoms with Crippen LogP contribution >= 0.6 is 11.6 Å². The van der Waals surface area contributed by atoms with E-state index in [0.29, 0.717) is 5.76 Å². The molecule has 5 nitrogen and oxygen atoms in total. The molecule has 0 saturated heterocycles. The van der Waals surface area contributed by atoms with Gasteiger partial charge in [-0.25, -0.2) is 9.18 Å². The average molecular weight is 333 g/mol. The van der Waals surface area contributed by atoms with Crippen LogP contribution in [0.5, 0.6) is 5.75 Å². The third-order valence-electron chi connectivity index (χ3n) is 3.54. The Hall–Kier alpha value is -2.78. The maximum absolute atomic E-state index is 14.3. The summed E-state index contributed by atoms with van der Waals surface area (Å²) in [6.07, 6.45) is 0. The maximum atomic E-state index is 14.3. The molecule has 23 heavy (non-hydrogen) atoms. The molecule has 0 unspecified atom stereocenters. The molecule has 1 aliphatic heterocycles. The molecule has 0 radical (unpaired) electrons. The summed E-state index contributed by atoms with van der Waals surface area (Å²) >= 11 is 6.10. The van der Waals surface area contributed by atoms with Crippen molar-refractivity contribution in [3.63, 3.8) is 0 Å². The van der Waals surface area contributed by atoms with E-state index in [4.69, 9.17) is 26.5 Å². The smallest absolute Gasteiger partial charge is 0.343 e. The summed E-state index contributed by atoms with van der Waals surface area (Å²) in [7, 11) is 0. The first-order chi connectivity index (χ1) is 10.9. The molecular formula is C16H10ClFN2O3. The van der Waals surface area contributed by atoms with Gasteiger partial charge in [-0.1, -0.05) is 17.7 Å². The second-order valence-electron chi connectivity index (χ2n) is 4.98. The number of allylic oxidation sites excluding steroid dienone is 1. The van der Waals surface area contributed by atoms with Crippen molar-refractivity contribution in [2.45, 2.75) is 12.8 Å². The first kappa shape index (κ1) is 15.1. The minimum Gasteiger partial charge on any atom is -0.440 e. The van der Waals surface area contributed by atoms with E-state index >= 15 is 0 Å². The molecule has 0 fully saturated rings. The van der Waals surface area contributed by atoms with E-state index in [1.807, 2.05) is 6.07 Å². The van der Waals surface area contributed by atoms with Crippen molar-refractivity contribution in [2.24, 2.45) is 5.73 Å². The summed E-state index contributed by atoms with van der Waals surface area (Å²) in [5.41, 5.74) is 4.92. The van der Waals surface area contributed by atoms with Crippen molar-refractivity contribution in [2.75, 3.05) is 0 Å². The van der Waals surface area contributed by atoms with Crippen molar-refractivity contribution < 1.29 is 13.5 Å². The minimum atomic E-state index is -1.09. The summed E-state index contributed by atoms with van der Waals surface area (Å²) in [6, 6.07) is 7.41. The van der Waals surface area contributed by atoms with Gasteiger partial charge in [-0.05, 0) is 19.1 Å². The number of halogens is 2. The van der Waals surface area contributed by atoms with Crippen LogP contribution < -0.4 is 16.1 Å². The molecule has 2 heterocycles. The molecule has 0 saturated carbocycles. The Morgan fingerprint density at radius 1 is 1.39 bits per heavy atom. The normalized spacial score (nSPS) is 16.5. The van der Waals surface area contributed by atoms with Gasteiger partial charge in [0.25, 0.3) is 0 Å². The third kappa shape index (κ3) is 2.35. The van der Waals surface area contributed by atoms with Gasteiger partial charge in [-0.3, -0.25) is 0 Å². The van der Waals surface area contributed by atoms with Gasteiger partial charge in [-0.2, -0.15) is 5.26 Å². The second-order valence-corrected chi connectivity index (χ2v) is 5.39. The summed E-state index contributed by atoms with van der Waals surface area (Å²) in [5.74, 6) is -1.51. The van der Waals surface area contributed by atoms with E-state index in [2.05, 4.69) is 0 Å². The highest BCUT2D eigenvalue weighted by Gasteiger charge is 2.36. The van der Waals surface area contributed by atoms with E-state index in [1.54, 1.807) is 6.92 Å². The van der Waals surface area contributed by atoms with Gasteiger partial charge < -0.3 is 14.9 Å². The van der Waals surface area contributed by atoms with Crippen LogP contribution in [0.3, 0.4) is 0 Å². The second kappa shape index (κ2) is 5.45. The molecule has 0 amide bonds. The summed E-state index contributed by atoms with van der Waals surface area (Å²) in [4.78, 5) is 12.3. The highest BCUT2D eigenvalue weighted by molar-refractivity contribution is 6.31. The van der Waals surface area contributed by atoms with Crippen molar-refractivity contribution in [3.05, 3.63) is 73.9 Å². The molecule has 7 heteroatoms. The van der Waals surface area contributed by atoms with E-state index in [0.717, 1.165) is 0 Å². The van der Waals surface area contributed by atoms with E-state index in [-0.39, 0.29) is 33.4 Å². The number of hydrogen-bond acceptors (Lipinski definition) is 5. The standard InChI is InChI=1S/C16H10ClFN2O3/c1-7-5-11-14(16(21)22-7)12(8(6-19)15(20)23-11)13-9(17)3-2-4-10(13)18/h2-5,12H,20H2,1H3/t12-/m0/s1. The largest absolute Gasteiger partial charge is 0.440 e. The number of rotatable bonds is 1. The van der Waals surface area contributed by atoms with E-state index in [1.165, 1.54) is 24.3 Å². The first-order valence-electron chi connectivity index (χ1n) is 6.60. The molecule has 1 aromatic heterocycles. The average Bonchev–Trinajstić information content (AvgIpc) is 2.46. The minimum absolute atomic E-state index is 0.00616. The third-order valence-corrected chi connectivity index (χ3v) is 3.87. The Bertz CT molecular complexity index is 923. The van der Waals surface area contributed by atoms with Crippen LogP contribution in [0, 0.1) is 24.1 Å². The Morgan fingerprint density at radius 3 is 2.78 bits per heavy atom. The number of nitrogens with zero attached hydrogens (tertiary/aromatic N) is 1. The van der Waals surface area contributed by atoms with Crippen LogP contribution in [0.15, 0.2) is 44.9 Å². The van der Waals surface area contributed by atoms with Crippen LogP contribution in [-0.2, 0) is 0 Å². The van der Waals surface area contributed by atoms with Gasteiger partial charge in [0, 0.05) is 16.7 Å². The lowest BCUT2D eigenvalue weighted by atomic mass is 9.84. The van der Waals surface area contributed by atoms with E-state index in [9.17, 15) is 14.4 Å². The fourth-order valence-corrected chi connectivity index (χ4v) is 2.87. The predicted octanol–water partition coefficient (Wildman–Crippen LogP) is 2.96. The van der Waals surface area contributed by atoms with Crippen LogP contribution in [-0.4, -0.2) is 0 Å². The number of fused-ring (bicyclic) bond motifs is 1. The topological polar surface area (TPSA) is 89.2 Å². The maximum Gasteiger partial charge on any atom is 0.343 e. The molecule has 0 bridgehead atoms.